The Hall–Kier alpha value is -1.20. The highest BCUT2D eigenvalue weighted by atomic mass is 19.3. The molecule has 0 spiro atoms. The number of methoxy groups -OCH3 is 1. The molecular formula is C14H22F2N2O. The van der Waals surface area contributed by atoms with E-state index >= 15 is 0 Å². The van der Waals surface area contributed by atoms with Crippen LogP contribution in [0.1, 0.15) is 18.5 Å². The molecule has 19 heavy (non-hydrogen) atoms. The molecular weight excluding hydrogens is 250 g/mol. The molecule has 0 amide bonds. The molecule has 0 aliphatic heterocycles. The zero-order valence-corrected chi connectivity index (χ0v) is 11.7. The molecule has 1 unspecified atom stereocenters. The first-order valence-electron chi connectivity index (χ1n) is 6.40. The quantitative estimate of drug-likeness (QED) is 0.787. The Morgan fingerprint density at radius 1 is 1.21 bits per heavy atom. The van der Waals surface area contributed by atoms with Gasteiger partial charge >= 0.3 is 0 Å². The first-order chi connectivity index (χ1) is 9.06. The van der Waals surface area contributed by atoms with Crippen LogP contribution in [0.25, 0.3) is 0 Å². The van der Waals surface area contributed by atoms with Gasteiger partial charge in [0.15, 0.2) is 0 Å². The number of halogens is 2. The predicted molar refractivity (Wildman–Crippen MR) is 72.9 cm³/mol. The number of alkyl halides is 2. The standard InChI is InChI=1S/C14H22F2N2O/c1-4-17-13(9-18(2)10-14(15)16)11-5-7-12(19-3)8-6-11/h5-8,13-14,17H,4,9-10H2,1-3H3. The van der Waals surface area contributed by atoms with Gasteiger partial charge in [0.05, 0.1) is 13.7 Å². The number of likely N-dealkylation sites (N-methyl/N-ethyl adjacent to an activating group) is 2. The predicted octanol–water partition coefficient (Wildman–Crippen LogP) is 2.54. The summed E-state index contributed by atoms with van der Waals surface area (Å²) < 4.78 is 29.8. The van der Waals surface area contributed by atoms with Gasteiger partial charge in [0.2, 0.25) is 0 Å². The van der Waals surface area contributed by atoms with Crippen LogP contribution in [0.2, 0.25) is 0 Å². The Morgan fingerprint density at radius 3 is 2.32 bits per heavy atom. The van der Waals surface area contributed by atoms with Gasteiger partial charge in [-0.15, -0.1) is 0 Å². The maximum atomic E-state index is 12.3. The maximum absolute atomic E-state index is 12.3. The van der Waals surface area contributed by atoms with Gasteiger partial charge in [0, 0.05) is 12.6 Å². The fourth-order valence-electron chi connectivity index (χ4n) is 1.99. The minimum Gasteiger partial charge on any atom is -0.497 e. The second-order valence-corrected chi connectivity index (χ2v) is 4.50. The molecule has 5 heteroatoms. The summed E-state index contributed by atoms with van der Waals surface area (Å²) in [4.78, 5) is 1.64. The zero-order valence-electron chi connectivity index (χ0n) is 11.7. The van der Waals surface area contributed by atoms with Crippen molar-refractivity contribution in [1.29, 1.82) is 0 Å². The maximum Gasteiger partial charge on any atom is 0.251 e. The molecule has 0 saturated carbocycles. The second kappa shape index (κ2) is 8.07. The van der Waals surface area contributed by atoms with Crippen molar-refractivity contribution in [3.8, 4) is 5.75 Å². The van der Waals surface area contributed by atoms with Crippen molar-refractivity contribution in [1.82, 2.24) is 10.2 Å². The van der Waals surface area contributed by atoms with Crippen molar-refractivity contribution < 1.29 is 13.5 Å². The van der Waals surface area contributed by atoms with E-state index in [2.05, 4.69) is 5.32 Å². The number of nitrogens with zero attached hydrogens (tertiary/aromatic N) is 1. The number of rotatable bonds is 8. The van der Waals surface area contributed by atoms with Crippen LogP contribution in [0.3, 0.4) is 0 Å². The van der Waals surface area contributed by atoms with Gasteiger partial charge in [-0.2, -0.15) is 0 Å². The molecule has 1 rings (SSSR count). The Balaban J connectivity index is 2.69. The molecule has 108 valence electrons. The summed E-state index contributed by atoms with van der Waals surface area (Å²) in [6.07, 6.45) is -2.30. The summed E-state index contributed by atoms with van der Waals surface area (Å²) in [7, 11) is 3.33. The van der Waals surface area contributed by atoms with Crippen LogP contribution in [-0.2, 0) is 0 Å². The van der Waals surface area contributed by atoms with Crippen molar-refractivity contribution in [3.05, 3.63) is 29.8 Å². The molecule has 3 nitrogen and oxygen atoms in total. The number of benzene rings is 1. The third kappa shape index (κ3) is 5.53. The highest BCUT2D eigenvalue weighted by Crippen LogP contribution is 2.18. The average molecular weight is 272 g/mol. The van der Waals surface area contributed by atoms with E-state index in [0.717, 1.165) is 17.9 Å². The topological polar surface area (TPSA) is 24.5 Å². The largest absolute Gasteiger partial charge is 0.497 e. The molecule has 1 N–H and O–H groups in total. The van der Waals surface area contributed by atoms with E-state index in [1.54, 1.807) is 19.1 Å². The average Bonchev–Trinajstić information content (AvgIpc) is 2.37. The van der Waals surface area contributed by atoms with E-state index in [1.807, 2.05) is 31.2 Å². The van der Waals surface area contributed by atoms with Gasteiger partial charge in [-0.3, -0.25) is 4.90 Å². The third-order valence-corrected chi connectivity index (χ3v) is 2.91. The Kier molecular flexibility index (Phi) is 6.73. The van der Waals surface area contributed by atoms with Gasteiger partial charge < -0.3 is 10.1 Å². The van der Waals surface area contributed by atoms with Gasteiger partial charge in [-0.25, -0.2) is 8.78 Å². The second-order valence-electron chi connectivity index (χ2n) is 4.50. The highest BCUT2D eigenvalue weighted by molar-refractivity contribution is 5.29. The first kappa shape index (κ1) is 15.9. The summed E-state index contributed by atoms with van der Waals surface area (Å²) in [6.45, 7) is 3.13. The molecule has 0 aliphatic rings. The van der Waals surface area contributed by atoms with Crippen molar-refractivity contribution in [2.24, 2.45) is 0 Å². The summed E-state index contributed by atoms with van der Waals surface area (Å²) in [5.74, 6) is 0.792. The molecule has 0 aliphatic carbocycles. The lowest BCUT2D eigenvalue weighted by molar-refractivity contribution is 0.0959. The molecule has 1 aromatic carbocycles. The number of nitrogens with one attached hydrogen (secondary N) is 1. The van der Waals surface area contributed by atoms with Gasteiger partial charge in [-0.05, 0) is 31.3 Å². The van der Waals surface area contributed by atoms with Gasteiger partial charge in [0.1, 0.15) is 5.75 Å². The van der Waals surface area contributed by atoms with Gasteiger partial charge in [0.25, 0.3) is 6.43 Å². The van der Waals surface area contributed by atoms with E-state index in [1.165, 1.54) is 0 Å². The van der Waals surface area contributed by atoms with Crippen molar-refractivity contribution in [3.63, 3.8) is 0 Å². The number of hydrogen-bond donors (Lipinski definition) is 1. The van der Waals surface area contributed by atoms with E-state index in [9.17, 15) is 8.78 Å². The van der Waals surface area contributed by atoms with E-state index in [4.69, 9.17) is 4.74 Å². The number of hydrogen-bond acceptors (Lipinski definition) is 3. The van der Waals surface area contributed by atoms with Crippen LogP contribution < -0.4 is 10.1 Å². The highest BCUT2D eigenvalue weighted by Gasteiger charge is 2.15. The Morgan fingerprint density at radius 2 is 1.84 bits per heavy atom. The zero-order chi connectivity index (χ0) is 14.3. The summed E-state index contributed by atoms with van der Waals surface area (Å²) in [6, 6.07) is 7.73. The number of ether oxygens (including phenoxy) is 1. The molecule has 0 fully saturated rings. The van der Waals surface area contributed by atoms with E-state index in [0.29, 0.717) is 6.54 Å². The molecule has 1 aromatic rings. The smallest absolute Gasteiger partial charge is 0.251 e. The first-order valence-corrected chi connectivity index (χ1v) is 6.40. The molecule has 0 aromatic heterocycles. The lowest BCUT2D eigenvalue weighted by Crippen LogP contribution is -2.35. The summed E-state index contributed by atoms with van der Waals surface area (Å²) >= 11 is 0. The van der Waals surface area contributed by atoms with Crippen molar-refractivity contribution in [2.45, 2.75) is 19.4 Å². The lowest BCUT2D eigenvalue weighted by atomic mass is 10.1. The molecule has 0 bridgehead atoms. The lowest BCUT2D eigenvalue weighted by Gasteiger charge is -2.25. The fourth-order valence-corrected chi connectivity index (χ4v) is 1.99. The third-order valence-electron chi connectivity index (χ3n) is 2.91. The van der Waals surface area contributed by atoms with Crippen molar-refractivity contribution in [2.75, 3.05) is 33.8 Å². The van der Waals surface area contributed by atoms with Gasteiger partial charge in [-0.1, -0.05) is 19.1 Å². The summed E-state index contributed by atoms with van der Waals surface area (Å²) in [5, 5.41) is 3.31. The molecule has 1 atom stereocenters. The molecule has 0 heterocycles. The van der Waals surface area contributed by atoms with Crippen LogP contribution in [-0.4, -0.2) is 45.1 Å². The fraction of sp³-hybridized carbons (Fsp3) is 0.571. The molecule has 0 saturated heterocycles. The minimum absolute atomic E-state index is 0.0413. The van der Waals surface area contributed by atoms with Crippen LogP contribution in [0, 0.1) is 0 Å². The van der Waals surface area contributed by atoms with Crippen molar-refractivity contribution >= 4 is 0 Å². The van der Waals surface area contributed by atoms with E-state index in [-0.39, 0.29) is 12.6 Å². The SMILES string of the molecule is CCNC(CN(C)CC(F)F)c1ccc(OC)cc1. The van der Waals surface area contributed by atoms with Crippen LogP contribution in [0.5, 0.6) is 5.75 Å². The Labute approximate surface area is 113 Å². The monoisotopic (exact) mass is 272 g/mol. The normalized spacial score (nSPS) is 13.0. The van der Waals surface area contributed by atoms with Crippen LogP contribution in [0.4, 0.5) is 8.78 Å². The summed E-state index contributed by atoms with van der Waals surface area (Å²) in [5.41, 5.74) is 1.07. The van der Waals surface area contributed by atoms with Crippen LogP contribution in [0.15, 0.2) is 24.3 Å². The Bertz CT molecular complexity index is 357. The van der Waals surface area contributed by atoms with E-state index < -0.39 is 6.43 Å². The van der Waals surface area contributed by atoms with Crippen LogP contribution >= 0.6 is 0 Å². The molecule has 0 radical (unpaired) electrons. The minimum atomic E-state index is -2.30.